The van der Waals surface area contributed by atoms with Gasteiger partial charge in [0.05, 0.1) is 11.6 Å². The molecule has 0 saturated heterocycles. The molecule has 0 saturated carbocycles. The Morgan fingerprint density at radius 3 is 2.69 bits per heavy atom. The molecule has 0 fully saturated rings. The molecule has 1 rings (SSSR count). The molecular formula is C13H19N3. The first kappa shape index (κ1) is 12.5. The standard InChI is InChI=1S/C13H19N3/c1-5-6-13(3,4)16-12-8-11(9-14)7-10(2)15-12/h7-8H,5-6H2,1-4H3,(H,15,16). The van der Waals surface area contributed by atoms with E-state index in [4.69, 9.17) is 5.26 Å². The number of nitrogens with one attached hydrogen (secondary N) is 1. The van der Waals surface area contributed by atoms with Gasteiger partial charge in [-0.1, -0.05) is 13.3 Å². The van der Waals surface area contributed by atoms with Crippen LogP contribution in [0.25, 0.3) is 0 Å². The van der Waals surface area contributed by atoms with Crippen LogP contribution >= 0.6 is 0 Å². The van der Waals surface area contributed by atoms with Crippen molar-refractivity contribution in [3.05, 3.63) is 23.4 Å². The third-order valence-electron chi connectivity index (χ3n) is 2.42. The van der Waals surface area contributed by atoms with Crippen LogP contribution in [0.1, 0.15) is 44.9 Å². The number of nitrogens with zero attached hydrogens (tertiary/aromatic N) is 2. The molecule has 0 aliphatic heterocycles. The summed E-state index contributed by atoms with van der Waals surface area (Å²) in [4.78, 5) is 4.39. The summed E-state index contributed by atoms with van der Waals surface area (Å²) in [5, 5.41) is 12.3. The van der Waals surface area contributed by atoms with Gasteiger partial charge in [-0.2, -0.15) is 5.26 Å². The Labute approximate surface area is 97.5 Å². The second kappa shape index (κ2) is 4.98. The van der Waals surface area contributed by atoms with E-state index in [1.807, 2.05) is 6.92 Å². The maximum absolute atomic E-state index is 8.88. The van der Waals surface area contributed by atoms with Crippen LogP contribution in [0.15, 0.2) is 12.1 Å². The summed E-state index contributed by atoms with van der Waals surface area (Å²) >= 11 is 0. The Morgan fingerprint density at radius 1 is 1.44 bits per heavy atom. The summed E-state index contributed by atoms with van der Waals surface area (Å²) < 4.78 is 0. The van der Waals surface area contributed by atoms with Crippen molar-refractivity contribution in [2.75, 3.05) is 5.32 Å². The highest BCUT2D eigenvalue weighted by molar-refractivity contribution is 5.45. The number of aryl methyl sites for hydroxylation is 1. The maximum Gasteiger partial charge on any atom is 0.127 e. The molecule has 0 unspecified atom stereocenters. The predicted octanol–water partition coefficient (Wildman–Crippen LogP) is 3.25. The molecule has 0 aliphatic rings. The van der Waals surface area contributed by atoms with Crippen LogP contribution in [0, 0.1) is 18.3 Å². The first-order chi connectivity index (χ1) is 7.46. The third kappa shape index (κ3) is 3.54. The zero-order valence-corrected chi connectivity index (χ0v) is 10.5. The number of hydrogen-bond donors (Lipinski definition) is 1. The van der Waals surface area contributed by atoms with Crippen LogP contribution in [0.5, 0.6) is 0 Å². The summed E-state index contributed by atoms with van der Waals surface area (Å²) in [5.41, 5.74) is 1.54. The number of nitriles is 1. The van der Waals surface area contributed by atoms with Crippen molar-refractivity contribution in [2.24, 2.45) is 0 Å². The number of aromatic nitrogens is 1. The maximum atomic E-state index is 8.88. The van der Waals surface area contributed by atoms with E-state index < -0.39 is 0 Å². The highest BCUT2D eigenvalue weighted by atomic mass is 15.0. The second-order valence-corrected chi connectivity index (χ2v) is 4.75. The largest absolute Gasteiger partial charge is 0.365 e. The highest BCUT2D eigenvalue weighted by Gasteiger charge is 2.16. The van der Waals surface area contributed by atoms with Crippen molar-refractivity contribution >= 4 is 5.82 Å². The molecule has 0 atom stereocenters. The van der Waals surface area contributed by atoms with Crippen LogP contribution in [0.4, 0.5) is 5.82 Å². The minimum Gasteiger partial charge on any atom is -0.365 e. The zero-order chi connectivity index (χ0) is 12.2. The quantitative estimate of drug-likeness (QED) is 0.842. The van der Waals surface area contributed by atoms with E-state index in [2.05, 4.69) is 37.1 Å². The molecule has 1 aromatic heterocycles. The van der Waals surface area contributed by atoms with E-state index in [0.717, 1.165) is 24.4 Å². The lowest BCUT2D eigenvalue weighted by Gasteiger charge is -2.26. The highest BCUT2D eigenvalue weighted by Crippen LogP contribution is 2.19. The van der Waals surface area contributed by atoms with E-state index in [9.17, 15) is 0 Å². The lowest BCUT2D eigenvalue weighted by Crippen LogP contribution is -2.31. The third-order valence-corrected chi connectivity index (χ3v) is 2.42. The van der Waals surface area contributed by atoms with Gasteiger partial charge in [0, 0.05) is 11.2 Å². The van der Waals surface area contributed by atoms with Gasteiger partial charge >= 0.3 is 0 Å². The molecule has 86 valence electrons. The zero-order valence-electron chi connectivity index (χ0n) is 10.5. The summed E-state index contributed by atoms with van der Waals surface area (Å²) in [6.45, 7) is 8.35. The molecule has 0 aromatic carbocycles. The molecule has 0 bridgehead atoms. The second-order valence-electron chi connectivity index (χ2n) is 4.75. The molecule has 1 N–H and O–H groups in total. The van der Waals surface area contributed by atoms with Crippen LogP contribution < -0.4 is 5.32 Å². The topological polar surface area (TPSA) is 48.7 Å². The molecule has 1 aromatic rings. The lowest BCUT2D eigenvalue weighted by molar-refractivity contribution is 0.509. The lowest BCUT2D eigenvalue weighted by atomic mass is 9.99. The average molecular weight is 217 g/mol. The fourth-order valence-electron chi connectivity index (χ4n) is 1.83. The van der Waals surface area contributed by atoms with Gasteiger partial charge in [-0.05, 0) is 39.3 Å². The van der Waals surface area contributed by atoms with Crippen LogP contribution in [0.2, 0.25) is 0 Å². The first-order valence-corrected chi connectivity index (χ1v) is 5.64. The SMILES string of the molecule is CCCC(C)(C)Nc1cc(C#N)cc(C)n1. The van der Waals surface area contributed by atoms with Crippen molar-refractivity contribution in [3.63, 3.8) is 0 Å². The summed E-state index contributed by atoms with van der Waals surface area (Å²) in [7, 11) is 0. The van der Waals surface area contributed by atoms with E-state index >= 15 is 0 Å². The van der Waals surface area contributed by atoms with Crippen molar-refractivity contribution < 1.29 is 0 Å². The smallest absolute Gasteiger partial charge is 0.127 e. The van der Waals surface area contributed by atoms with Crippen LogP contribution in [-0.4, -0.2) is 10.5 Å². The number of anilines is 1. The van der Waals surface area contributed by atoms with Gasteiger partial charge in [0.15, 0.2) is 0 Å². The van der Waals surface area contributed by atoms with E-state index in [0.29, 0.717) is 5.56 Å². The van der Waals surface area contributed by atoms with E-state index in [1.54, 1.807) is 12.1 Å². The molecular weight excluding hydrogens is 198 g/mol. The number of pyridine rings is 1. The molecule has 0 spiro atoms. The number of rotatable bonds is 4. The van der Waals surface area contributed by atoms with Gasteiger partial charge in [-0.25, -0.2) is 4.98 Å². The molecule has 0 radical (unpaired) electrons. The van der Waals surface area contributed by atoms with E-state index in [-0.39, 0.29) is 5.54 Å². The molecule has 16 heavy (non-hydrogen) atoms. The van der Waals surface area contributed by atoms with Crippen molar-refractivity contribution in [1.29, 1.82) is 5.26 Å². The fraction of sp³-hybridized carbons (Fsp3) is 0.538. The van der Waals surface area contributed by atoms with E-state index in [1.165, 1.54) is 0 Å². The Hall–Kier alpha value is -1.56. The molecule has 1 heterocycles. The fourth-order valence-corrected chi connectivity index (χ4v) is 1.83. The van der Waals surface area contributed by atoms with Gasteiger partial charge < -0.3 is 5.32 Å². The van der Waals surface area contributed by atoms with Crippen molar-refractivity contribution in [1.82, 2.24) is 4.98 Å². The van der Waals surface area contributed by atoms with Gasteiger partial charge in [-0.3, -0.25) is 0 Å². The van der Waals surface area contributed by atoms with Gasteiger partial charge in [0.1, 0.15) is 5.82 Å². The molecule has 0 aliphatic carbocycles. The monoisotopic (exact) mass is 217 g/mol. The van der Waals surface area contributed by atoms with Crippen molar-refractivity contribution in [3.8, 4) is 6.07 Å². The normalized spacial score (nSPS) is 10.9. The van der Waals surface area contributed by atoms with Gasteiger partial charge in [0.25, 0.3) is 0 Å². The molecule has 0 amide bonds. The Kier molecular flexibility index (Phi) is 3.89. The van der Waals surface area contributed by atoms with Crippen LogP contribution in [0.3, 0.4) is 0 Å². The van der Waals surface area contributed by atoms with Gasteiger partial charge in [0.2, 0.25) is 0 Å². The Morgan fingerprint density at radius 2 is 2.12 bits per heavy atom. The Balaban J connectivity index is 2.89. The van der Waals surface area contributed by atoms with Crippen molar-refractivity contribution in [2.45, 2.75) is 46.1 Å². The summed E-state index contributed by atoms with van der Waals surface area (Å²) in [6, 6.07) is 5.73. The summed E-state index contributed by atoms with van der Waals surface area (Å²) in [6.07, 6.45) is 2.20. The number of hydrogen-bond acceptors (Lipinski definition) is 3. The predicted molar refractivity (Wildman–Crippen MR) is 66.3 cm³/mol. The molecule has 3 nitrogen and oxygen atoms in total. The first-order valence-electron chi connectivity index (χ1n) is 5.64. The Bertz CT molecular complexity index is 402. The summed E-state index contributed by atoms with van der Waals surface area (Å²) in [5.74, 6) is 0.787. The molecule has 3 heteroatoms. The minimum atomic E-state index is 0.0161. The average Bonchev–Trinajstić information content (AvgIpc) is 2.15. The van der Waals surface area contributed by atoms with Crippen LogP contribution in [-0.2, 0) is 0 Å². The van der Waals surface area contributed by atoms with Gasteiger partial charge in [-0.15, -0.1) is 0 Å². The minimum absolute atomic E-state index is 0.0161.